The lowest BCUT2D eigenvalue weighted by atomic mass is 10.1. The van der Waals surface area contributed by atoms with Gasteiger partial charge in [0.15, 0.2) is 11.6 Å². The molecule has 2 fully saturated rings. The van der Waals surface area contributed by atoms with Crippen LogP contribution in [-0.4, -0.2) is 65.1 Å². The molecule has 1 saturated heterocycles. The Labute approximate surface area is 207 Å². The van der Waals surface area contributed by atoms with Gasteiger partial charge >= 0.3 is 0 Å². The molecule has 0 radical (unpaired) electrons. The van der Waals surface area contributed by atoms with Crippen LogP contribution in [0.3, 0.4) is 0 Å². The maximum atomic E-state index is 12.2. The Hall–Kier alpha value is -4.03. The maximum Gasteiger partial charge on any atom is 0.252 e. The number of hydrogen-bond acceptors (Lipinski definition) is 9. The standard InChI is InChI=1S/C24H27N7O5/c1-34-19-12-36-11-18(19)31-10-14(8-28-31)15-5-6-26-23(21(15)35-2)29-17-7-20(27-9-16(17)22(25)32)30-24(33)13-3-4-13/h5-10,13,18-19H,3-4,11-12H2,1-2H3,(H2,25,32)(H2,26,27,29,30,33). The summed E-state index contributed by atoms with van der Waals surface area (Å²) >= 11 is 0. The highest BCUT2D eigenvalue weighted by Gasteiger charge is 2.31. The Balaban J connectivity index is 1.45. The number of carbonyl (C=O) groups excluding carboxylic acids is 2. The van der Waals surface area contributed by atoms with Crippen LogP contribution in [0, 0.1) is 5.92 Å². The molecule has 2 unspecified atom stereocenters. The molecule has 4 N–H and O–H groups in total. The maximum absolute atomic E-state index is 12.2. The van der Waals surface area contributed by atoms with Crippen molar-refractivity contribution in [2.45, 2.75) is 25.0 Å². The van der Waals surface area contributed by atoms with E-state index in [-0.39, 0.29) is 29.5 Å². The van der Waals surface area contributed by atoms with E-state index in [4.69, 9.17) is 19.9 Å². The molecule has 0 aromatic carbocycles. The predicted octanol–water partition coefficient (Wildman–Crippen LogP) is 2.13. The van der Waals surface area contributed by atoms with Gasteiger partial charge in [0.25, 0.3) is 5.91 Å². The molecule has 188 valence electrons. The van der Waals surface area contributed by atoms with Gasteiger partial charge in [-0.2, -0.15) is 5.10 Å². The van der Waals surface area contributed by atoms with Gasteiger partial charge in [0.1, 0.15) is 18.0 Å². The highest BCUT2D eigenvalue weighted by atomic mass is 16.5. The van der Waals surface area contributed by atoms with E-state index in [9.17, 15) is 9.59 Å². The molecule has 12 heteroatoms. The van der Waals surface area contributed by atoms with Crippen molar-refractivity contribution < 1.29 is 23.8 Å². The second kappa shape index (κ2) is 9.91. The van der Waals surface area contributed by atoms with Crippen LogP contribution < -0.4 is 21.1 Å². The molecule has 2 amide bonds. The van der Waals surface area contributed by atoms with Crippen molar-refractivity contribution in [2.75, 3.05) is 38.1 Å². The number of pyridine rings is 2. The predicted molar refractivity (Wildman–Crippen MR) is 130 cm³/mol. The summed E-state index contributed by atoms with van der Waals surface area (Å²) in [6, 6.07) is 3.33. The lowest BCUT2D eigenvalue weighted by Crippen LogP contribution is -2.24. The van der Waals surface area contributed by atoms with E-state index in [1.807, 2.05) is 16.9 Å². The Morgan fingerprint density at radius 3 is 2.75 bits per heavy atom. The summed E-state index contributed by atoms with van der Waals surface area (Å²) in [5, 5.41) is 10.4. The van der Waals surface area contributed by atoms with E-state index >= 15 is 0 Å². The van der Waals surface area contributed by atoms with Crippen LogP contribution in [0.5, 0.6) is 5.75 Å². The molecule has 0 spiro atoms. The van der Waals surface area contributed by atoms with Gasteiger partial charge in [0.05, 0.1) is 37.8 Å². The van der Waals surface area contributed by atoms with E-state index < -0.39 is 5.91 Å². The number of nitrogens with zero attached hydrogens (tertiary/aromatic N) is 4. The number of ether oxygens (including phenoxy) is 3. The van der Waals surface area contributed by atoms with Crippen LogP contribution in [0.1, 0.15) is 29.2 Å². The SMILES string of the molecule is COc1c(-c2cnn(C3COCC3OC)c2)ccnc1Nc1cc(NC(=O)C2CC2)ncc1C(N)=O. The first-order chi connectivity index (χ1) is 17.5. The van der Waals surface area contributed by atoms with E-state index in [2.05, 4.69) is 25.7 Å². The molecule has 12 nitrogen and oxygen atoms in total. The molecule has 4 heterocycles. The zero-order chi connectivity index (χ0) is 25.2. The molecule has 0 bridgehead atoms. The van der Waals surface area contributed by atoms with E-state index in [0.29, 0.717) is 36.3 Å². The van der Waals surface area contributed by atoms with E-state index in [1.165, 1.54) is 13.3 Å². The van der Waals surface area contributed by atoms with Crippen molar-refractivity contribution in [3.05, 3.63) is 42.5 Å². The zero-order valence-corrected chi connectivity index (χ0v) is 19.9. The molecule has 1 aliphatic heterocycles. The third-order valence-electron chi connectivity index (χ3n) is 6.29. The van der Waals surface area contributed by atoms with Gasteiger partial charge in [0.2, 0.25) is 5.91 Å². The molecule has 36 heavy (non-hydrogen) atoms. The fourth-order valence-electron chi connectivity index (χ4n) is 4.15. The summed E-state index contributed by atoms with van der Waals surface area (Å²) in [7, 11) is 3.19. The summed E-state index contributed by atoms with van der Waals surface area (Å²) in [6.07, 6.45) is 8.22. The van der Waals surface area contributed by atoms with Crippen molar-refractivity contribution >= 4 is 29.1 Å². The number of methoxy groups -OCH3 is 2. The Morgan fingerprint density at radius 1 is 1.19 bits per heavy atom. The van der Waals surface area contributed by atoms with Crippen LogP contribution in [0.15, 0.2) is 36.9 Å². The number of primary amides is 1. The van der Waals surface area contributed by atoms with Crippen molar-refractivity contribution in [1.82, 2.24) is 19.7 Å². The Kier molecular flexibility index (Phi) is 6.53. The first-order valence-corrected chi connectivity index (χ1v) is 11.5. The number of carbonyl (C=O) groups is 2. The second-order valence-corrected chi connectivity index (χ2v) is 8.70. The van der Waals surface area contributed by atoms with Crippen LogP contribution in [0.25, 0.3) is 11.1 Å². The van der Waals surface area contributed by atoms with Gasteiger partial charge in [-0.1, -0.05) is 0 Å². The molecule has 2 aliphatic rings. The number of hydrogen-bond donors (Lipinski definition) is 3. The van der Waals surface area contributed by atoms with E-state index in [1.54, 1.807) is 25.6 Å². The minimum atomic E-state index is -0.673. The van der Waals surface area contributed by atoms with Gasteiger partial charge in [-0.15, -0.1) is 0 Å². The van der Waals surface area contributed by atoms with Gasteiger partial charge < -0.3 is 30.6 Å². The summed E-state index contributed by atoms with van der Waals surface area (Å²) in [4.78, 5) is 32.8. The largest absolute Gasteiger partial charge is 0.492 e. The minimum Gasteiger partial charge on any atom is -0.492 e. The second-order valence-electron chi connectivity index (χ2n) is 8.70. The van der Waals surface area contributed by atoms with Gasteiger partial charge in [-0.3, -0.25) is 14.3 Å². The molecule has 3 aromatic rings. The fourth-order valence-corrected chi connectivity index (χ4v) is 4.15. The zero-order valence-electron chi connectivity index (χ0n) is 19.9. The van der Waals surface area contributed by atoms with Gasteiger partial charge in [-0.05, 0) is 18.9 Å². The minimum absolute atomic E-state index is 0.00773. The number of rotatable bonds is 9. The van der Waals surface area contributed by atoms with Crippen LogP contribution >= 0.6 is 0 Å². The molecule has 2 atom stereocenters. The summed E-state index contributed by atoms with van der Waals surface area (Å²) < 4.78 is 18.6. The lowest BCUT2D eigenvalue weighted by molar-refractivity contribution is -0.117. The Morgan fingerprint density at radius 2 is 2.03 bits per heavy atom. The number of anilines is 3. The first kappa shape index (κ1) is 23.7. The number of aromatic nitrogens is 4. The highest BCUT2D eigenvalue weighted by molar-refractivity contribution is 6.00. The average molecular weight is 494 g/mol. The molecule has 1 aliphatic carbocycles. The fraction of sp³-hybridized carbons (Fsp3) is 0.375. The lowest BCUT2D eigenvalue weighted by Gasteiger charge is -2.17. The normalized spacial score (nSPS) is 19.2. The van der Waals surface area contributed by atoms with Crippen molar-refractivity contribution in [3.8, 4) is 16.9 Å². The average Bonchev–Trinajstić information content (AvgIpc) is 3.42. The van der Waals surface area contributed by atoms with Crippen molar-refractivity contribution in [2.24, 2.45) is 11.7 Å². The quantitative estimate of drug-likeness (QED) is 0.406. The van der Waals surface area contributed by atoms with Crippen LogP contribution in [0.2, 0.25) is 0 Å². The van der Waals surface area contributed by atoms with Crippen molar-refractivity contribution in [3.63, 3.8) is 0 Å². The smallest absolute Gasteiger partial charge is 0.252 e. The summed E-state index contributed by atoms with van der Waals surface area (Å²) in [6.45, 7) is 1.03. The monoisotopic (exact) mass is 493 g/mol. The molecule has 5 rings (SSSR count). The number of nitrogens with one attached hydrogen (secondary N) is 2. The Bertz CT molecular complexity index is 1290. The number of amides is 2. The number of nitrogens with two attached hydrogens (primary N) is 1. The molecular formula is C24H27N7O5. The first-order valence-electron chi connectivity index (χ1n) is 11.5. The molecule has 3 aromatic heterocycles. The third-order valence-corrected chi connectivity index (χ3v) is 6.29. The van der Waals surface area contributed by atoms with Crippen molar-refractivity contribution in [1.29, 1.82) is 0 Å². The molecule has 1 saturated carbocycles. The summed E-state index contributed by atoms with van der Waals surface area (Å²) in [5.41, 5.74) is 7.60. The van der Waals surface area contributed by atoms with Gasteiger partial charge in [-0.25, -0.2) is 9.97 Å². The summed E-state index contributed by atoms with van der Waals surface area (Å²) in [5.74, 6) is 0.343. The van der Waals surface area contributed by atoms with Gasteiger partial charge in [0, 0.05) is 48.8 Å². The topological polar surface area (TPSA) is 156 Å². The van der Waals surface area contributed by atoms with E-state index in [0.717, 1.165) is 24.0 Å². The molecular weight excluding hydrogens is 466 g/mol. The third kappa shape index (κ3) is 4.72. The highest BCUT2D eigenvalue weighted by Crippen LogP contribution is 2.38. The van der Waals surface area contributed by atoms with Crippen LogP contribution in [-0.2, 0) is 14.3 Å². The van der Waals surface area contributed by atoms with Crippen LogP contribution in [0.4, 0.5) is 17.3 Å².